The van der Waals surface area contributed by atoms with Crippen molar-refractivity contribution < 1.29 is 23.5 Å². The maximum absolute atomic E-state index is 12.4. The van der Waals surface area contributed by atoms with Crippen molar-refractivity contribution in [1.29, 1.82) is 0 Å². The number of carbonyl (C=O) groups excluding carboxylic acids is 2. The largest absolute Gasteiger partial charge is 0.468 e. The summed E-state index contributed by atoms with van der Waals surface area (Å²) < 4.78 is 15.9. The van der Waals surface area contributed by atoms with Gasteiger partial charge in [0.1, 0.15) is 5.52 Å². The van der Waals surface area contributed by atoms with E-state index in [1.165, 1.54) is 7.11 Å². The number of aromatic nitrogens is 1. The highest BCUT2D eigenvalue weighted by atomic mass is 16.5. The molecule has 0 fully saturated rings. The van der Waals surface area contributed by atoms with Crippen molar-refractivity contribution in [1.82, 2.24) is 4.98 Å². The van der Waals surface area contributed by atoms with Gasteiger partial charge in [-0.2, -0.15) is 0 Å². The summed E-state index contributed by atoms with van der Waals surface area (Å²) in [4.78, 5) is 28.8. The molecule has 0 amide bonds. The minimum absolute atomic E-state index is 0.251. The van der Waals surface area contributed by atoms with Crippen molar-refractivity contribution in [3.63, 3.8) is 0 Å². The van der Waals surface area contributed by atoms with Gasteiger partial charge in [0.25, 0.3) is 0 Å². The van der Waals surface area contributed by atoms with Crippen LogP contribution in [0, 0.1) is 0 Å². The Morgan fingerprint density at radius 2 is 1.85 bits per heavy atom. The van der Waals surface area contributed by atoms with Crippen LogP contribution in [-0.4, -0.2) is 30.6 Å². The van der Waals surface area contributed by atoms with E-state index in [-0.39, 0.29) is 11.9 Å². The number of methoxy groups -OCH3 is 1. The second kappa shape index (κ2) is 8.49. The summed E-state index contributed by atoms with van der Waals surface area (Å²) in [6.45, 7) is 2.42. The molecule has 1 aromatic heterocycles. The van der Waals surface area contributed by atoms with E-state index in [0.717, 1.165) is 12.8 Å². The number of carbonyl (C=O) groups is 2. The lowest BCUT2D eigenvalue weighted by molar-refractivity contribution is -0.141. The zero-order valence-electron chi connectivity index (χ0n) is 15.3. The van der Waals surface area contributed by atoms with Crippen LogP contribution in [0.3, 0.4) is 0 Å². The standard InChI is InChI=1S/C21H21NO5/c1-3-4-13-26-20(23)15-11-9-14(10-12-15)18(21(24)25-2)19-22-16-7-5-6-8-17(16)27-19/h5-12,18H,3-4,13H2,1-2H3. The lowest BCUT2D eigenvalue weighted by atomic mass is 9.98. The summed E-state index contributed by atoms with van der Waals surface area (Å²) in [6, 6.07) is 13.9. The molecule has 0 aliphatic carbocycles. The number of oxazole rings is 1. The van der Waals surface area contributed by atoms with Gasteiger partial charge in [0.05, 0.1) is 19.3 Å². The molecule has 0 saturated carbocycles. The van der Waals surface area contributed by atoms with Crippen LogP contribution in [0.4, 0.5) is 0 Å². The summed E-state index contributed by atoms with van der Waals surface area (Å²) in [5, 5.41) is 0. The van der Waals surface area contributed by atoms with Crippen molar-refractivity contribution in [2.24, 2.45) is 0 Å². The number of ether oxygens (including phenoxy) is 2. The molecule has 1 unspecified atom stereocenters. The van der Waals surface area contributed by atoms with E-state index >= 15 is 0 Å². The molecule has 0 aliphatic rings. The molecule has 0 aliphatic heterocycles. The van der Waals surface area contributed by atoms with E-state index in [1.54, 1.807) is 30.3 Å². The lowest BCUT2D eigenvalue weighted by Gasteiger charge is -2.12. The third kappa shape index (κ3) is 4.16. The molecule has 3 rings (SSSR count). The van der Waals surface area contributed by atoms with Gasteiger partial charge in [0, 0.05) is 0 Å². The maximum Gasteiger partial charge on any atom is 0.338 e. The Morgan fingerprint density at radius 1 is 1.11 bits per heavy atom. The predicted molar refractivity (Wildman–Crippen MR) is 99.5 cm³/mol. The summed E-state index contributed by atoms with van der Waals surface area (Å²) in [6.07, 6.45) is 1.78. The van der Waals surface area contributed by atoms with Crippen LogP contribution in [0.5, 0.6) is 0 Å². The van der Waals surface area contributed by atoms with Crippen LogP contribution >= 0.6 is 0 Å². The maximum atomic E-state index is 12.4. The minimum atomic E-state index is -0.812. The monoisotopic (exact) mass is 367 g/mol. The van der Waals surface area contributed by atoms with Crippen molar-refractivity contribution in [3.8, 4) is 0 Å². The number of rotatable bonds is 7. The normalized spacial score (nSPS) is 11.9. The van der Waals surface area contributed by atoms with Gasteiger partial charge in [-0.3, -0.25) is 4.79 Å². The van der Waals surface area contributed by atoms with Gasteiger partial charge in [-0.15, -0.1) is 0 Å². The highest BCUT2D eigenvalue weighted by Gasteiger charge is 2.29. The number of hydrogen-bond donors (Lipinski definition) is 0. The van der Waals surface area contributed by atoms with Gasteiger partial charge in [-0.1, -0.05) is 37.6 Å². The summed E-state index contributed by atoms with van der Waals surface area (Å²) >= 11 is 0. The van der Waals surface area contributed by atoms with Crippen LogP contribution in [-0.2, 0) is 14.3 Å². The van der Waals surface area contributed by atoms with E-state index in [2.05, 4.69) is 4.98 Å². The van der Waals surface area contributed by atoms with Gasteiger partial charge < -0.3 is 13.9 Å². The van der Waals surface area contributed by atoms with Crippen LogP contribution < -0.4 is 0 Å². The topological polar surface area (TPSA) is 78.6 Å². The molecule has 6 nitrogen and oxygen atoms in total. The molecule has 3 aromatic rings. The number of esters is 2. The fraction of sp³-hybridized carbons (Fsp3) is 0.286. The van der Waals surface area contributed by atoms with Gasteiger partial charge in [0.2, 0.25) is 5.89 Å². The van der Waals surface area contributed by atoms with Crippen LogP contribution in [0.15, 0.2) is 52.9 Å². The molecule has 0 bridgehead atoms. The van der Waals surface area contributed by atoms with Crippen molar-refractivity contribution in [3.05, 3.63) is 65.5 Å². The minimum Gasteiger partial charge on any atom is -0.468 e. The number of nitrogens with zero attached hydrogens (tertiary/aromatic N) is 1. The first-order chi connectivity index (χ1) is 13.1. The van der Waals surface area contributed by atoms with Crippen LogP contribution in [0.2, 0.25) is 0 Å². The highest BCUT2D eigenvalue weighted by molar-refractivity contribution is 5.90. The Balaban J connectivity index is 1.87. The van der Waals surface area contributed by atoms with Crippen molar-refractivity contribution in [2.75, 3.05) is 13.7 Å². The van der Waals surface area contributed by atoms with Gasteiger partial charge >= 0.3 is 11.9 Å². The number of fused-ring (bicyclic) bond motifs is 1. The van der Waals surface area contributed by atoms with Crippen LogP contribution in [0.1, 0.15) is 47.5 Å². The molecule has 1 atom stereocenters. The second-order valence-electron chi connectivity index (χ2n) is 6.09. The zero-order chi connectivity index (χ0) is 19.2. The number of para-hydroxylation sites is 2. The van der Waals surface area contributed by atoms with E-state index in [0.29, 0.717) is 28.8 Å². The molecule has 2 aromatic carbocycles. The fourth-order valence-corrected chi connectivity index (χ4v) is 2.72. The number of hydrogen-bond acceptors (Lipinski definition) is 6. The molecule has 1 heterocycles. The first-order valence-corrected chi connectivity index (χ1v) is 8.84. The first-order valence-electron chi connectivity index (χ1n) is 8.84. The molecule has 27 heavy (non-hydrogen) atoms. The lowest BCUT2D eigenvalue weighted by Crippen LogP contribution is -2.16. The van der Waals surface area contributed by atoms with Crippen molar-refractivity contribution in [2.45, 2.75) is 25.7 Å². The summed E-state index contributed by atoms with van der Waals surface area (Å²) in [5.74, 6) is -1.43. The SMILES string of the molecule is CCCCOC(=O)c1ccc(C(C(=O)OC)c2nc3ccccc3o2)cc1. The second-order valence-corrected chi connectivity index (χ2v) is 6.09. The molecule has 0 saturated heterocycles. The summed E-state index contributed by atoms with van der Waals surface area (Å²) in [5.41, 5.74) is 2.31. The Hall–Kier alpha value is -3.15. The third-order valence-electron chi connectivity index (χ3n) is 4.21. The van der Waals surface area contributed by atoms with Crippen molar-refractivity contribution >= 4 is 23.0 Å². The number of benzene rings is 2. The molecular weight excluding hydrogens is 346 g/mol. The van der Waals surface area contributed by atoms with E-state index in [1.807, 2.05) is 25.1 Å². The molecule has 0 N–H and O–H groups in total. The Kier molecular flexibility index (Phi) is 5.86. The fourth-order valence-electron chi connectivity index (χ4n) is 2.72. The van der Waals surface area contributed by atoms with E-state index in [4.69, 9.17) is 13.9 Å². The van der Waals surface area contributed by atoms with Gasteiger partial charge in [-0.05, 0) is 36.2 Å². The Morgan fingerprint density at radius 3 is 2.52 bits per heavy atom. The van der Waals surface area contributed by atoms with Gasteiger partial charge in [-0.25, -0.2) is 9.78 Å². The molecule has 140 valence electrons. The summed E-state index contributed by atoms with van der Waals surface area (Å²) in [7, 11) is 1.32. The Labute approximate surface area is 157 Å². The first kappa shape index (κ1) is 18.6. The molecule has 0 radical (unpaired) electrons. The average molecular weight is 367 g/mol. The third-order valence-corrected chi connectivity index (χ3v) is 4.21. The molecule has 0 spiro atoms. The molecule has 6 heteroatoms. The predicted octanol–water partition coefficient (Wildman–Crippen LogP) is 4.09. The molecular formula is C21H21NO5. The zero-order valence-corrected chi connectivity index (χ0v) is 15.3. The number of unbranched alkanes of at least 4 members (excludes halogenated alkanes) is 1. The van der Waals surface area contributed by atoms with E-state index < -0.39 is 11.9 Å². The van der Waals surface area contributed by atoms with Gasteiger partial charge in [0.15, 0.2) is 11.5 Å². The Bertz CT molecular complexity index is 896. The average Bonchev–Trinajstić information content (AvgIpc) is 3.12. The smallest absolute Gasteiger partial charge is 0.338 e. The van der Waals surface area contributed by atoms with E-state index in [9.17, 15) is 9.59 Å². The highest BCUT2D eigenvalue weighted by Crippen LogP contribution is 2.28. The van der Waals surface area contributed by atoms with Crippen LogP contribution in [0.25, 0.3) is 11.1 Å². The quantitative estimate of drug-likeness (QED) is 0.462.